The molecular weight excluding hydrogens is 357 g/mol. The molecule has 0 aliphatic heterocycles. The summed E-state index contributed by atoms with van der Waals surface area (Å²) in [6.45, 7) is 2.10. The van der Waals surface area contributed by atoms with Gasteiger partial charge in [0.05, 0.1) is 0 Å². The Morgan fingerprint density at radius 1 is 1.00 bits per heavy atom. The summed E-state index contributed by atoms with van der Waals surface area (Å²) in [6, 6.07) is 16.2. The molecule has 4 nitrogen and oxygen atoms in total. The van der Waals surface area contributed by atoms with Crippen LogP contribution in [0.3, 0.4) is 0 Å². The Bertz CT molecular complexity index is 605. The van der Waals surface area contributed by atoms with Gasteiger partial charge < -0.3 is 5.73 Å². The van der Waals surface area contributed by atoms with Crippen molar-refractivity contribution in [2.75, 3.05) is 5.73 Å². The predicted octanol–water partition coefficient (Wildman–Crippen LogP) is 2.24. The maximum atomic E-state index is 9.01. The van der Waals surface area contributed by atoms with Crippen LogP contribution in [-0.2, 0) is 25.9 Å². The van der Waals surface area contributed by atoms with Crippen LogP contribution in [0.15, 0.2) is 48.5 Å². The van der Waals surface area contributed by atoms with Gasteiger partial charge in [0, 0.05) is 11.3 Å². The quantitative estimate of drug-likeness (QED) is 0.474. The molecule has 2 aromatic carbocycles. The predicted molar refractivity (Wildman–Crippen MR) is 70.7 cm³/mol. The second kappa shape index (κ2) is 6.83. The fraction of sp³-hybridized carbons (Fsp3) is 0.0769. The van der Waals surface area contributed by atoms with E-state index < -0.39 is 7.94 Å². The molecule has 0 atom stereocenters. The summed E-state index contributed by atoms with van der Waals surface area (Å²) in [5.74, 6) is 0. The van der Waals surface area contributed by atoms with Crippen molar-refractivity contribution in [2.45, 2.75) is 6.92 Å². The molecule has 0 radical (unpaired) electrons. The van der Waals surface area contributed by atoms with Crippen LogP contribution in [0.1, 0.15) is 5.56 Å². The van der Waals surface area contributed by atoms with E-state index in [0.717, 1.165) is 11.3 Å². The molecule has 0 bridgehead atoms. The van der Waals surface area contributed by atoms with Crippen molar-refractivity contribution in [1.82, 2.24) is 0 Å². The maximum absolute atomic E-state index is 9.01. The number of hydrogen-bond donors (Lipinski definition) is 1. The topological polar surface area (TPSA) is 83.2 Å². The van der Waals surface area contributed by atoms with E-state index in [-0.39, 0.29) is 0 Å². The summed E-state index contributed by atoms with van der Waals surface area (Å²) in [5, 5.41) is 0. The Hall–Kier alpha value is -1.19. The van der Waals surface area contributed by atoms with Crippen LogP contribution in [0.2, 0.25) is 0 Å². The van der Waals surface area contributed by atoms with Gasteiger partial charge in [0.2, 0.25) is 0 Å². The van der Waals surface area contributed by atoms with Gasteiger partial charge in [-0.25, -0.2) is 0 Å². The summed E-state index contributed by atoms with van der Waals surface area (Å²) in [7, 11) is -4.07. The molecule has 0 spiro atoms. The van der Waals surface area contributed by atoms with Crippen LogP contribution in [0.5, 0.6) is 0 Å². The molecule has 0 fully saturated rings. The number of aryl methyl sites for hydroxylation is 1. The first-order valence-electron chi connectivity index (χ1n) is 5.32. The second-order valence-corrected chi connectivity index (χ2v) is 6.82. The minimum atomic E-state index is -4.07. The Morgan fingerprint density at radius 2 is 1.42 bits per heavy atom. The SMILES string of the molecule is Cc1ccccc1-c1ccccc1N.O=[S](=O)([O-])[Pd+]. The molecule has 2 rings (SSSR count). The second-order valence-electron chi connectivity index (χ2n) is 3.76. The van der Waals surface area contributed by atoms with E-state index >= 15 is 0 Å². The summed E-state index contributed by atoms with van der Waals surface area (Å²) in [5.41, 5.74) is 10.3. The van der Waals surface area contributed by atoms with Crippen LogP contribution in [-0.4, -0.2) is 13.0 Å². The van der Waals surface area contributed by atoms with E-state index in [0.29, 0.717) is 0 Å². The number of nitrogen functional groups attached to an aromatic ring is 1. The van der Waals surface area contributed by atoms with Gasteiger partial charge >= 0.3 is 38.9 Å². The van der Waals surface area contributed by atoms with E-state index in [1.807, 2.05) is 30.3 Å². The Morgan fingerprint density at radius 3 is 1.89 bits per heavy atom. The van der Waals surface area contributed by atoms with Crippen molar-refractivity contribution in [3.05, 3.63) is 54.1 Å². The number of rotatable bonds is 1. The van der Waals surface area contributed by atoms with Gasteiger partial charge in [-0.2, -0.15) is 0 Å². The van der Waals surface area contributed by atoms with E-state index in [1.54, 1.807) is 17.9 Å². The van der Waals surface area contributed by atoms with E-state index in [4.69, 9.17) is 18.7 Å². The van der Waals surface area contributed by atoms with Gasteiger partial charge in [0.25, 0.3) is 0 Å². The molecule has 0 saturated heterocycles. The van der Waals surface area contributed by atoms with E-state index in [9.17, 15) is 0 Å². The molecule has 0 heterocycles. The van der Waals surface area contributed by atoms with Crippen molar-refractivity contribution in [2.24, 2.45) is 0 Å². The van der Waals surface area contributed by atoms with Gasteiger partial charge in [-0.1, -0.05) is 42.5 Å². The number of benzene rings is 2. The molecule has 0 aliphatic carbocycles. The van der Waals surface area contributed by atoms with Crippen LogP contribution in [0.25, 0.3) is 11.1 Å². The van der Waals surface area contributed by atoms with E-state index in [2.05, 4.69) is 25.1 Å². The minimum absolute atomic E-state index is 0.835. The van der Waals surface area contributed by atoms with Crippen LogP contribution >= 0.6 is 0 Å². The average molecular weight is 370 g/mol. The fourth-order valence-electron chi connectivity index (χ4n) is 1.62. The van der Waals surface area contributed by atoms with Crippen molar-refractivity contribution in [3.8, 4) is 11.1 Å². The molecule has 2 N–H and O–H groups in total. The van der Waals surface area contributed by atoms with Gasteiger partial charge in [0.1, 0.15) is 0 Å². The Labute approximate surface area is 122 Å². The molecule has 19 heavy (non-hydrogen) atoms. The van der Waals surface area contributed by atoms with Crippen LogP contribution < -0.4 is 5.73 Å². The Balaban J connectivity index is 0.000000312. The molecule has 0 saturated carbocycles. The van der Waals surface area contributed by atoms with E-state index in [1.165, 1.54) is 11.1 Å². The first kappa shape index (κ1) is 15.9. The average Bonchev–Trinajstić information content (AvgIpc) is 2.29. The first-order chi connectivity index (χ1) is 8.79. The van der Waals surface area contributed by atoms with Crippen molar-refractivity contribution in [3.63, 3.8) is 0 Å². The third-order valence-electron chi connectivity index (χ3n) is 2.40. The zero-order valence-corrected chi connectivity index (χ0v) is 12.5. The summed E-state index contributed by atoms with van der Waals surface area (Å²) < 4.78 is 27.0. The molecule has 0 aliphatic rings. The number of nitrogens with two attached hydrogens (primary N) is 1. The number of hydrogen-bond acceptors (Lipinski definition) is 4. The normalized spacial score (nSPS) is 10.5. The molecule has 6 heteroatoms. The zero-order chi connectivity index (χ0) is 14.5. The standard InChI is InChI=1S/C13H13N.O3S.Pd/c1-10-6-2-3-7-11(10)12-8-4-5-9-13(12)14;1-4(2)3;/h2-9H,14H2,1H3;;/q;-1;+1. The van der Waals surface area contributed by atoms with Crippen molar-refractivity contribution < 1.29 is 30.9 Å². The monoisotopic (exact) mass is 369 g/mol. The fourth-order valence-corrected chi connectivity index (χ4v) is 1.62. The number of anilines is 1. The van der Waals surface area contributed by atoms with Gasteiger partial charge in [-0.05, 0) is 24.1 Å². The summed E-state index contributed by atoms with van der Waals surface area (Å²) >= 11 is 1.55. The molecule has 0 amide bonds. The van der Waals surface area contributed by atoms with Crippen LogP contribution in [0.4, 0.5) is 5.69 Å². The third-order valence-corrected chi connectivity index (χ3v) is 2.40. The van der Waals surface area contributed by atoms with Crippen molar-refractivity contribution >= 4 is 13.6 Å². The Kier molecular flexibility index (Phi) is 5.70. The molecule has 2 aromatic rings. The van der Waals surface area contributed by atoms with Crippen LogP contribution in [0, 0.1) is 6.92 Å². The van der Waals surface area contributed by atoms with Crippen molar-refractivity contribution in [1.29, 1.82) is 0 Å². The first-order valence-corrected chi connectivity index (χ1v) is 8.48. The van der Waals surface area contributed by atoms with Gasteiger partial charge in [0.15, 0.2) is 0 Å². The van der Waals surface area contributed by atoms with Gasteiger partial charge in [-0.3, -0.25) is 0 Å². The summed E-state index contributed by atoms with van der Waals surface area (Å²) in [6.07, 6.45) is 0. The third kappa shape index (κ3) is 5.99. The molecule has 104 valence electrons. The molecule has 0 aromatic heterocycles. The summed E-state index contributed by atoms with van der Waals surface area (Å²) in [4.78, 5) is 0. The molecular formula is C13H13NO3PdS. The zero-order valence-electron chi connectivity index (χ0n) is 10.1. The number of para-hydroxylation sites is 1. The van der Waals surface area contributed by atoms with Gasteiger partial charge in [-0.15, -0.1) is 0 Å². The molecule has 0 unspecified atom stereocenters.